The molecule has 2 unspecified atom stereocenters. The van der Waals surface area contributed by atoms with E-state index in [1.54, 1.807) is 12.1 Å². The second-order valence-electron chi connectivity index (χ2n) is 5.67. The lowest BCUT2D eigenvalue weighted by Gasteiger charge is -2.20. The molecule has 0 amide bonds. The summed E-state index contributed by atoms with van der Waals surface area (Å²) in [6.45, 7) is 7.28. The normalized spacial score (nSPS) is 15.0. The third-order valence-corrected chi connectivity index (χ3v) is 3.99. The smallest absolute Gasteiger partial charge is 0.310 e. The van der Waals surface area contributed by atoms with Crippen LogP contribution in [0.1, 0.15) is 63.6 Å². The van der Waals surface area contributed by atoms with Gasteiger partial charge in [-0.05, 0) is 43.5 Å². The Morgan fingerprint density at radius 1 is 1.10 bits per heavy atom. The van der Waals surface area contributed by atoms with Crippen LogP contribution < -0.4 is 5.32 Å². The van der Waals surface area contributed by atoms with Gasteiger partial charge in [0.2, 0.25) is 0 Å². The first kappa shape index (κ1) is 18.0. The number of alkyl halides is 3. The Kier molecular flexibility index (Phi) is 7.23. The van der Waals surface area contributed by atoms with Crippen LogP contribution in [0.15, 0.2) is 24.3 Å². The highest BCUT2D eigenvalue weighted by Crippen LogP contribution is 2.29. The largest absolute Gasteiger partial charge is 0.416 e. The minimum atomic E-state index is -4.26. The lowest BCUT2D eigenvalue weighted by Crippen LogP contribution is -2.25. The molecule has 4 heteroatoms. The number of hydrogen-bond donors (Lipinski definition) is 1. The van der Waals surface area contributed by atoms with Gasteiger partial charge in [0, 0.05) is 6.04 Å². The van der Waals surface area contributed by atoms with Crippen molar-refractivity contribution in [1.82, 2.24) is 5.32 Å². The van der Waals surface area contributed by atoms with E-state index in [9.17, 15) is 13.2 Å². The van der Waals surface area contributed by atoms with Crippen molar-refractivity contribution in [3.63, 3.8) is 0 Å². The molecule has 0 aromatic heterocycles. The van der Waals surface area contributed by atoms with Gasteiger partial charge < -0.3 is 5.32 Å². The van der Waals surface area contributed by atoms with E-state index < -0.39 is 11.7 Å². The Hall–Kier alpha value is -1.03. The summed E-state index contributed by atoms with van der Waals surface area (Å²) in [5.74, 6) is 0.641. The van der Waals surface area contributed by atoms with Crippen LogP contribution in [0.4, 0.5) is 13.2 Å². The van der Waals surface area contributed by atoms with Gasteiger partial charge in [-0.15, -0.1) is 0 Å². The lowest BCUT2D eigenvalue weighted by atomic mass is 9.98. The van der Waals surface area contributed by atoms with Crippen molar-refractivity contribution in [2.24, 2.45) is 5.92 Å². The summed E-state index contributed by atoms with van der Waals surface area (Å²) in [6.07, 6.45) is 0.509. The van der Waals surface area contributed by atoms with Gasteiger partial charge in [0.1, 0.15) is 0 Å². The zero-order chi connectivity index (χ0) is 15.9. The predicted molar refractivity (Wildman–Crippen MR) is 81.2 cm³/mol. The molecule has 0 bridgehead atoms. The highest BCUT2D eigenvalue weighted by molar-refractivity contribution is 5.26. The Morgan fingerprint density at radius 3 is 2.19 bits per heavy atom. The molecular weight excluding hydrogens is 275 g/mol. The minimum absolute atomic E-state index is 0.0722. The van der Waals surface area contributed by atoms with E-state index in [-0.39, 0.29) is 6.04 Å². The molecule has 0 radical (unpaired) electrons. The Balaban J connectivity index is 2.53. The summed E-state index contributed by atoms with van der Waals surface area (Å²) < 4.78 is 37.6. The maximum atomic E-state index is 12.5. The molecule has 0 saturated heterocycles. The zero-order valence-corrected chi connectivity index (χ0v) is 13.1. The van der Waals surface area contributed by atoms with Gasteiger partial charge >= 0.3 is 6.18 Å². The summed E-state index contributed by atoms with van der Waals surface area (Å²) in [6, 6.07) is 5.51. The highest BCUT2D eigenvalue weighted by Gasteiger charge is 2.30. The van der Waals surface area contributed by atoms with Crippen molar-refractivity contribution in [3.8, 4) is 0 Å². The SMILES string of the molecule is CCCCC(CC)CNC(C)c1ccc(C(F)(F)F)cc1. The van der Waals surface area contributed by atoms with E-state index in [2.05, 4.69) is 19.2 Å². The van der Waals surface area contributed by atoms with Crippen LogP contribution in [0.3, 0.4) is 0 Å². The fraction of sp³-hybridized carbons (Fsp3) is 0.647. The maximum Gasteiger partial charge on any atom is 0.416 e. The van der Waals surface area contributed by atoms with Gasteiger partial charge in [0.15, 0.2) is 0 Å². The van der Waals surface area contributed by atoms with Gasteiger partial charge in [-0.3, -0.25) is 0 Å². The monoisotopic (exact) mass is 301 g/mol. The number of unbranched alkanes of at least 4 members (excludes halogenated alkanes) is 1. The van der Waals surface area contributed by atoms with Crippen molar-refractivity contribution in [2.45, 2.75) is 58.7 Å². The molecule has 0 aliphatic heterocycles. The molecular formula is C17H26F3N. The van der Waals surface area contributed by atoms with Crippen LogP contribution in [0, 0.1) is 5.92 Å². The van der Waals surface area contributed by atoms with Crippen LogP contribution in [0.25, 0.3) is 0 Å². The molecule has 1 aromatic carbocycles. The van der Waals surface area contributed by atoms with Crippen molar-refractivity contribution in [2.75, 3.05) is 6.54 Å². The summed E-state index contributed by atoms with van der Waals surface area (Å²) >= 11 is 0. The minimum Gasteiger partial charge on any atom is -0.310 e. The standard InChI is InChI=1S/C17H26F3N/c1-4-6-7-14(5-2)12-21-13(3)15-8-10-16(11-9-15)17(18,19)20/h8-11,13-14,21H,4-7,12H2,1-3H3. The first-order valence-electron chi connectivity index (χ1n) is 7.79. The van der Waals surface area contributed by atoms with Crippen LogP contribution in [0.5, 0.6) is 0 Å². The van der Waals surface area contributed by atoms with E-state index in [0.717, 1.165) is 30.7 Å². The van der Waals surface area contributed by atoms with Crippen molar-refractivity contribution in [3.05, 3.63) is 35.4 Å². The fourth-order valence-corrected chi connectivity index (χ4v) is 2.37. The zero-order valence-electron chi connectivity index (χ0n) is 13.1. The summed E-state index contributed by atoms with van der Waals surface area (Å²) in [7, 11) is 0. The number of benzene rings is 1. The van der Waals surface area contributed by atoms with Crippen LogP contribution in [-0.2, 0) is 6.18 Å². The average molecular weight is 301 g/mol. The molecule has 0 spiro atoms. The molecule has 1 rings (SSSR count). The number of hydrogen-bond acceptors (Lipinski definition) is 1. The van der Waals surface area contributed by atoms with E-state index in [1.807, 2.05) is 6.92 Å². The Bertz CT molecular complexity index is 397. The lowest BCUT2D eigenvalue weighted by molar-refractivity contribution is -0.137. The second kappa shape index (κ2) is 8.42. The van der Waals surface area contributed by atoms with Crippen molar-refractivity contribution < 1.29 is 13.2 Å². The molecule has 120 valence electrons. The van der Waals surface area contributed by atoms with E-state index in [0.29, 0.717) is 5.92 Å². The van der Waals surface area contributed by atoms with Crippen LogP contribution in [0.2, 0.25) is 0 Å². The first-order chi connectivity index (χ1) is 9.88. The van der Waals surface area contributed by atoms with Gasteiger partial charge in [-0.25, -0.2) is 0 Å². The summed E-state index contributed by atoms with van der Waals surface area (Å²) in [5.41, 5.74) is 0.307. The second-order valence-corrected chi connectivity index (χ2v) is 5.67. The topological polar surface area (TPSA) is 12.0 Å². The molecule has 0 aliphatic carbocycles. The predicted octanol–water partition coefficient (Wildman–Crippen LogP) is 5.57. The third kappa shape index (κ3) is 6.08. The average Bonchev–Trinajstić information content (AvgIpc) is 2.46. The van der Waals surface area contributed by atoms with Crippen LogP contribution >= 0.6 is 0 Å². The number of halogens is 3. The van der Waals surface area contributed by atoms with Gasteiger partial charge in [0.05, 0.1) is 5.56 Å². The fourth-order valence-electron chi connectivity index (χ4n) is 2.37. The van der Waals surface area contributed by atoms with E-state index in [4.69, 9.17) is 0 Å². The van der Waals surface area contributed by atoms with E-state index in [1.165, 1.54) is 19.3 Å². The number of rotatable bonds is 8. The molecule has 21 heavy (non-hydrogen) atoms. The van der Waals surface area contributed by atoms with Gasteiger partial charge in [0.25, 0.3) is 0 Å². The maximum absolute atomic E-state index is 12.5. The third-order valence-electron chi connectivity index (χ3n) is 3.99. The molecule has 1 N–H and O–H groups in total. The van der Waals surface area contributed by atoms with E-state index >= 15 is 0 Å². The first-order valence-corrected chi connectivity index (χ1v) is 7.79. The quantitative estimate of drug-likeness (QED) is 0.661. The van der Waals surface area contributed by atoms with Gasteiger partial charge in [-0.2, -0.15) is 13.2 Å². The molecule has 0 fully saturated rings. The molecule has 0 aliphatic rings. The Labute approximate surface area is 125 Å². The van der Waals surface area contributed by atoms with Crippen molar-refractivity contribution >= 4 is 0 Å². The highest BCUT2D eigenvalue weighted by atomic mass is 19.4. The molecule has 2 atom stereocenters. The summed E-state index contributed by atoms with van der Waals surface area (Å²) in [5, 5.41) is 3.44. The Morgan fingerprint density at radius 2 is 1.71 bits per heavy atom. The molecule has 1 aromatic rings. The van der Waals surface area contributed by atoms with Crippen LogP contribution in [-0.4, -0.2) is 6.54 Å². The molecule has 0 saturated carbocycles. The summed E-state index contributed by atoms with van der Waals surface area (Å²) in [4.78, 5) is 0. The van der Waals surface area contributed by atoms with Gasteiger partial charge in [-0.1, -0.05) is 45.2 Å². The number of nitrogens with one attached hydrogen (secondary N) is 1. The van der Waals surface area contributed by atoms with Crippen molar-refractivity contribution in [1.29, 1.82) is 0 Å². The molecule has 0 heterocycles. The molecule has 1 nitrogen and oxygen atoms in total.